The van der Waals surface area contributed by atoms with Crippen molar-refractivity contribution in [2.75, 3.05) is 20.2 Å². The number of aromatic nitrogens is 4. The van der Waals surface area contributed by atoms with Crippen LogP contribution in [0, 0.1) is 5.92 Å². The molecule has 2 heterocycles. The van der Waals surface area contributed by atoms with Crippen LogP contribution in [0.5, 0.6) is 5.75 Å². The fourth-order valence-electron chi connectivity index (χ4n) is 3.60. The summed E-state index contributed by atoms with van der Waals surface area (Å²) in [7, 11) is 1.69. The van der Waals surface area contributed by atoms with Crippen LogP contribution in [-0.2, 0) is 0 Å². The molecular weight excluding hydrogens is 302 g/mol. The normalized spacial score (nSPS) is 19.3. The number of hydrogen-bond donors (Lipinski definition) is 1. The van der Waals surface area contributed by atoms with E-state index in [-0.39, 0.29) is 6.04 Å². The van der Waals surface area contributed by atoms with Gasteiger partial charge < -0.3 is 10.1 Å². The summed E-state index contributed by atoms with van der Waals surface area (Å²) in [5.41, 5.74) is 1.22. The van der Waals surface area contributed by atoms with Crippen molar-refractivity contribution in [3.63, 3.8) is 0 Å². The lowest BCUT2D eigenvalue weighted by molar-refractivity contribution is 0.261. The van der Waals surface area contributed by atoms with Gasteiger partial charge in [0.15, 0.2) is 6.33 Å². The molecule has 3 aromatic rings. The van der Waals surface area contributed by atoms with Gasteiger partial charge in [0.05, 0.1) is 7.11 Å². The van der Waals surface area contributed by atoms with Gasteiger partial charge >= 0.3 is 0 Å². The van der Waals surface area contributed by atoms with Crippen LogP contribution < -0.4 is 10.1 Å². The van der Waals surface area contributed by atoms with Crippen LogP contribution in [-0.4, -0.2) is 40.4 Å². The second kappa shape index (κ2) is 6.57. The zero-order valence-electron chi connectivity index (χ0n) is 13.7. The highest BCUT2D eigenvalue weighted by molar-refractivity contribution is 5.84. The molecule has 0 spiro atoms. The van der Waals surface area contributed by atoms with Crippen molar-refractivity contribution in [1.29, 1.82) is 0 Å². The first-order valence-corrected chi connectivity index (χ1v) is 8.36. The molecule has 6 nitrogen and oxygen atoms in total. The molecule has 1 fully saturated rings. The van der Waals surface area contributed by atoms with Gasteiger partial charge in [0.2, 0.25) is 0 Å². The lowest BCUT2D eigenvalue weighted by Gasteiger charge is -2.30. The molecule has 2 atom stereocenters. The quantitative estimate of drug-likeness (QED) is 0.799. The SMILES string of the molecule is COc1ccc2cc([C@H]([C@H]3CCCNC3)n3ncnn3)ccc2c1. The van der Waals surface area contributed by atoms with Crippen LogP contribution in [0.4, 0.5) is 0 Å². The van der Waals surface area contributed by atoms with Gasteiger partial charge in [-0.05, 0) is 65.1 Å². The third-order valence-corrected chi connectivity index (χ3v) is 4.81. The Bertz CT molecular complexity index is 811. The van der Waals surface area contributed by atoms with Gasteiger partial charge in [-0.2, -0.15) is 4.80 Å². The summed E-state index contributed by atoms with van der Waals surface area (Å²) in [4.78, 5) is 1.75. The van der Waals surface area contributed by atoms with Crippen molar-refractivity contribution >= 4 is 10.8 Å². The number of hydrogen-bond acceptors (Lipinski definition) is 5. The smallest absolute Gasteiger partial charge is 0.162 e. The Kier molecular flexibility index (Phi) is 4.13. The highest BCUT2D eigenvalue weighted by atomic mass is 16.5. The molecule has 6 heteroatoms. The van der Waals surface area contributed by atoms with E-state index >= 15 is 0 Å². The van der Waals surface area contributed by atoms with E-state index in [1.54, 1.807) is 11.9 Å². The van der Waals surface area contributed by atoms with Crippen molar-refractivity contribution in [2.45, 2.75) is 18.9 Å². The minimum atomic E-state index is 0.104. The summed E-state index contributed by atoms with van der Waals surface area (Å²) >= 11 is 0. The predicted octanol–water partition coefficient (Wildman–Crippen LogP) is 2.42. The van der Waals surface area contributed by atoms with E-state index < -0.39 is 0 Å². The molecule has 0 aliphatic carbocycles. The molecule has 0 bridgehead atoms. The fraction of sp³-hybridized carbons (Fsp3) is 0.389. The van der Waals surface area contributed by atoms with Crippen LogP contribution in [0.15, 0.2) is 42.7 Å². The number of nitrogens with zero attached hydrogens (tertiary/aromatic N) is 4. The minimum absolute atomic E-state index is 0.104. The Labute approximate surface area is 140 Å². The van der Waals surface area contributed by atoms with Crippen molar-refractivity contribution in [1.82, 2.24) is 25.5 Å². The third-order valence-electron chi connectivity index (χ3n) is 4.81. The second-order valence-electron chi connectivity index (χ2n) is 6.28. The predicted molar refractivity (Wildman–Crippen MR) is 92.0 cm³/mol. The fourth-order valence-corrected chi connectivity index (χ4v) is 3.60. The number of methoxy groups -OCH3 is 1. The molecule has 1 aromatic heterocycles. The van der Waals surface area contributed by atoms with Crippen LogP contribution in [0.25, 0.3) is 10.8 Å². The van der Waals surface area contributed by atoms with Gasteiger partial charge in [-0.25, -0.2) is 0 Å². The molecule has 24 heavy (non-hydrogen) atoms. The van der Waals surface area contributed by atoms with E-state index in [1.807, 2.05) is 6.07 Å². The minimum Gasteiger partial charge on any atom is -0.497 e. The Morgan fingerprint density at radius 1 is 1.21 bits per heavy atom. The van der Waals surface area contributed by atoms with Gasteiger partial charge in [-0.3, -0.25) is 0 Å². The molecule has 0 unspecified atom stereocenters. The van der Waals surface area contributed by atoms with Crippen molar-refractivity contribution in [3.8, 4) is 5.75 Å². The molecule has 0 saturated carbocycles. The maximum atomic E-state index is 5.31. The Hall–Kier alpha value is -2.47. The van der Waals surface area contributed by atoms with Crippen LogP contribution in [0.2, 0.25) is 0 Å². The Morgan fingerprint density at radius 3 is 2.83 bits per heavy atom. The van der Waals surface area contributed by atoms with Crippen molar-refractivity contribution in [2.24, 2.45) is 5.92 Å². The number of ether oxygens (including phenoxy) is 1. The zero-order valence-corrected chi connectivity index (χ0v) is 13.7. The first-order valence-electron chi connectivity index (χ1n) is 8.36. The number of nitrogens with one attached hydrogen (secondary N) is 1. The molecule has 124 valence electrons. The number of benzene rings is 2. The number of piperidine rings is 1. The average molecular weight is 323 g/mol. The van der Waals surface area contributed by atoms with Crippen LogP contribution in [0.3, 0.4) is 0 Å². The Morgan fingerprint density at radius 2 is 2.08 bits per heavy atom. The van der Waals surface area contributed by atoms with E-state index in [4.69, 9.17) is 4.74 Å². The van der Waals surface area contributed by atoms with Gasteiger partial charge in [-0.1, -0.05) is 18.2 Å². The molecule has 1 saturated heterocycles. The third kappa shape index (κ3) is 2.85. The summed E-state index contributed by atoms with van der Waals surface area (Å²) in [5, 5.41) is 18.3. The molecular formula is C18H21N5O. The second-order valence-corrected chi connectivity index (χ2v) is 6.28. The topological polar surface area (TPSA) is 64.9 Å². The van der Waals surface area contributed by atoms with E-state index in [9.17, 15) is 0 Å². The maximum absolute atomic E-state index is 5.31. The summed E-state index contributed by atoms with van der Waals surface area (Å²) in [6.45, 7) is 2.07. The number of fused-ring (bicyclic) bond motifs is 1. The molecule has 1 aliphatic heterocycles. The lowest BCUT2D eigenvalue weighted by atomic mass is 9.87. The highest BCUT2D eigenvalue weighted by Crippen LogP contribution is 2.32. The van der Waals surface area contributed by atoms with E-state index in [0.717, 1.165) is 18.8 Å². The molecule has 2 aromatic carbocycles. The molecule has 1 aliphatic rings. The first-order chi connectivity index (χ1) is 11.8. The van der Waals surface area contributed by atoms with Crippen LogP contribution in [0.1, 0.15) is 24.4 Å². The lowest BCUT2D eigenvalue weighted by Crippen LogP contribution is -2.36. The van der Waals surface area contributed by atoms with Crippen molar-refractivity contribution < 1.29 is 4.74 Å². The van der Waals surface area contributed by atoms with Gasteiger partial charge in [0.1, 0.15) is 11.8 Å². The molecule has 0 radical (unpaired) electrons. The zero-order chi connectivity index (χ0) is 16.4. The summed E-state index contributed by atoms with van der Waals surface area (Å²) in [6.07, 6.45) is 3.86. The maximum Gasteiger partial charge on any atom is 0.162 e. The summed E-state index contributed by atoms with van der Waals surface area (Å²) in [6, 6.07) is 12.8. The largest absolute Gasteiger partial charge is 0.497 e. The molecule has 4 rings (SSSR count). The average Bonchev–Trinajstić information content (AvgIpc) is 3.16. The van der Waals surface area contributed by atoms with Gasteiger partial charge in [0.25, 0.3) is 0 Å². The van der Waals surface area contributed by atoms with Gasteiger partial charge in [-0.15, -0.1) is 10.2 Å². The summed E-state index contributed by atoms with van der Waals surface area (Å²) in [5.74, 6) is 1.34. The van der Waals surface area contributed by atoms with E-state index in [2.05, 4.69) is 51.1 Å². The van der Waals surface area contributed by atoms with E-state index in [1.165, 1.54) is 35.5 Å². The molecule has 1 N–H and O–H groups in total. The summed E-state index contributed by atoms with van der Waals surface area (Å²) < 4.78 is 5.31. The Balaban J connectivity index is 1.75. The van der Waals surface area contributed by atoms with Gasteiger partial charge in [0, 0.05) is 6.54 Å². The van der Waals surface area contributed by atoms with Crippen LogP contribution >= 0.6 is 0 Å². The van der Waals surface area contributed by atoms with Crippen molar-refractivity contribution in [3.05, 3.63) is 48.3 Å². The number of tetrazole rings is 1. The number of rotatable bonds is 4. The van der Waals surface area contributed by atoms with E-state index in [0.29, 0.717) is 5.92 Å². The first kappa shape index (κ1) is 15.1. The standard InChI is InChI=1S/C18H21N5O/c1-24-17-7-6-13-9-15(5-4-14(13)10-17)18(23-21-12-20-22-23)16-3-2-8-19-11-16/h4-7,9-10,12,16,18-19H,2-3,8,11H2,1H3/t16-,18+/m0/s1. The highest BCUT2D eigenvalue weighted by Gasteiger charge is 2.28. The molecule has 0 amide bonds. The monoisotopic (exact) mass is 323 g/mol.